The second-order valence-electron chi connectivity index (χ2n) is 8.39. The Bertz CT molecular complexity index is 1300. The van der Waals surface area contributed by atoms with Crippen LogP contribution in [0.4, 0.5) is 18.9 Å². The van der Waals surface area contributed by atoms with Gasteiger partial charge in [-0.1, -0.05) is 28.1 Å². The summed E-state index contributed by atoms with van der Waals surface area (Å²) in [5.41, 5.74) is 2.39. The molecule has 0 radical (unpaired) electrons. The molecule has 3 aromatic carbocycles. The first-order valence-electron chi connectivity index (χ1n) is 11.0. The van der Waals surface area contributed by atoms with E-state index >= 15 is 0 Å². The fourth-order valence-electron chi connectivity index (χ4n) is 4.23. The van der Waals surface area contributed by atoms with E-state index in [4.69, 9.17) is 4.74 Å². The van der Waals surface area contributed by atoms with Crippen LogP contribution in [0.15, 0.2) is 77.4 Å². The van der Waals surface area contributed by atoms with Crippen molar-refractivity contribution >= 4 is 32.5 Å². The van der Waals surface area contributed by atoms with E-state index in [1.54, 1.807) is 6.07 Å². The minimum Gasteiger partial charge on any atom is -0.457 e. The number of alkyl halides is 3. The molecule has 0 unspecified atom stereocenters. The molecular weight excluding hydrogens is 507 g/mol. The van der Waals surface area contributed by atoms with Gasteiger partial charge in [-0.05, 0) is 54.1 Å². The number of H-pyrrole nitrogens is 1. The number of piperazine rings is 1. The Hall–Kier alpha value is -2.97. The fraction of sp³-hybridized carbons (Fsp3) is 0.231. The van der Waals surface area contributed by atoms with Crippen LogP contribution in [0.2, 0.25) is 0 Å². The van der Waals surface area contributed by atoms with Gasteiger partial charge < -0.3 is 14.6 Å². The second kappa shape index (κ2) is 9.35. The average Bonchev–Trinajstić information content (AvgIpc) is 3.28. The maximum Gasteiger partial charge on any atom is 0.416 e. The number of fused-ring (bicyclic) bond motifs is 1. The number of rotatable bonds is 5. The predicted molar refractivity (Wildman–Crippen MR) is 131 cm³/mol. The fourth-order valence-corrected chi connectivity index (χ4v) is 4.74. The molecule has 5 rings (SSSR count). The Balaban J connectivity index is 1.20. The standard InChI is InChI=1S/C26H23BrF3N3O/c27-24-15-20(26(28,29)30)5-4-19(24)17-32-10-12-33(13-11-32)21-2-1-3-22(16-21)34-23-6-7-25-18(14-23)8-9-31-25/h1-9,14-16,31H,10-13,17H2. The van der Waals surface area contributed by atoms with E-state index in [1.165, 1.54) is 0 Å². The maximum atomic E-state index is 12.9. The highest BCUT2D eigenvalue weighted by molar-refractivity contribution is 9.10. The van der Waals surface area contributed by atoms with Crippen molar-refractivity contribution in [2.75, 3.05) is 31.1 Å². The molecule has 0 bridgehead atoms. The van der Waals surface area contributed by atoms with E-state index < -0.39 is 11.7 Å². The molecule has 4 aromatic rings. The number of halogens is 4. The Morgan fingerprint density at radius 2 is 1.68 bits per heavy atom. The van der Waals surface area contributed by atoms with Crippen molar-refractivity contribution in [3.63, 3.8) is 0 Å². The van der Waals surface area contributed by atoms with Crippen molar-refractivity contribution in [2.24, 2.45) is 0 Å². The minimum atomic E-state index is -4.33. The number of hydrogen-bond donors (Lipinski definition) is 1. The van der Waals surface area contributed by atoms with Gasteiger partial charge in [0.2, 0.25) is 0 Å². The molecule has 0 amide bonds. The van der Waals surface area contributed by atoms with Gasteiger partial charge in [-0.3, -0.25) is 4.90 Å². The van der Waals surface area contributed by atoms with Gasteiger partial charge in [0.1, 0.15) is 11.5 Å². The van der Waals surface area contributed by atoms with Crippen LogP contribution in [-0.4, -0.2) is 36.1 Å². The van der Waals surface area contributed by atoms with Gasteiger partial charge in [-0.15, -0.1) is 0 Å². The molecule has 34 heavy (non-hydrogen) atoms. The van der Waals surface area contributed by atoms with E-state index in [9.17, 15) is 13.2 Å². The van der Waals surface area contributed by atoms with Crippen LogP contribution in [-0.2, 0) is 12.7 Å². The van der Waals surface area contributed by atoms with Gasteiger partial charge >= 0.3 is 6.18 Å². The molecule has 0 aliphatic carbocycles. The van der Waals surface area contributed by atoms with Gasteiger partial charge in [-0.25, -0.2) is 0 Å². The Labute approximate surface area is 204 Å². The van der Waals surface area contributed by atoms with Gasteiger partial charge in [0.05, 0.1) is 5.56 Å². The van der Waals surface area contributed by atoms with Gasteiger partial charge in [0.25, 0.3) is 0 Å². The van der Waals surface area contributed by atoms with Gasteiger partial charge in [0, 0.05) is 66.1 Å². The van der Waals surface area contributed by atoms with E-state index in [0.717, 1.165) is 72.0 Å². The molecule has 1 aliphatic rings. The van der Waals surface area contributed by atoms with E-state index in [0.29, 0.717) is 11.0 Å². The third-order valence-corrected chi connectivity index (χ3v) is 6.83. The topological polar surface area (TPSA) is 31.5 Å². The average molecular weight is 530 g/mol. The zero-order chi connectivity index (χ0) is 23.7. The van der Waals surface area contributed by atoms with Crippen molar-refractivity contribution in [3.05, 3.63) is 88.5 Å². The van der Waals surface area contributed by atoms with Gasteiger partial charge in [-0.2, -0.15) is 13.2 Å². The summed E-state index contributed by atoms with van der Waals surface area (Å²) in [6, 6.07) is 19.9. The number of ether oxygens (including phenoxy) is 1. The Kier molecular flexibility index (Phi) is 6.27. The summed E-state index contributed by atoms with van der Waals surface area (Å²) in [7, 11) is 0. The smallest absolute Gasteiger partial charge is 0.416 e. The molecule has 1 aromatic heterocycles. The normalized spacial score (nSPS) is 15.1. The highest BCUT2D eigenvalue weighted by Crippen LogP contribution is 2.33. The first-order chi connectivity index (χ1) is 16.3. The summed E-state index contributed by atoms with van der Waals surface area (Å²) in [6.45, 7) is 3.91. The van der Waals surface area contributed by atoms with Crippen molar-refractivity contribution in [1.82, 2.24) is 9.88 Å². The zero-order valence-corrected chi connectivity index (χ0v) is 19.9. The first kappa shape index (κ1) is 22.8. The predicted octanol–water partition coefficient (Wildman–Crippen LogP) is 7.06. The monoisotopic (exact) mass is 529 g/mol. The quantitative estimate of drug-likeness (QED) is 0.300. The maximum absolute atomic E-state index is 12.9. The summed E-state index contributed by atoms with van der Waals surface area (Å²) in [4.78, 5) is 7.75. The summed E-state index contributed by atoms with van der Waals surface area (Å²) in [6.07, 6.45) is -2.43. The summed E-state index contributed by atoms with van der Waals surface area (Å²) < 4.78 is 45.3. The lowest BCUT2D eigenvalue weighted by Crippen LogP contribution is -2.46. The second-order valence-corrected chi connectivity index (χ2v) is 9.25. The number of aromatic amines is 1. The number of anilines is 1. The van der Waals surface area contributed by atoms with Crippen molar-refractivity contribution in [1.29, 1.82) is 0 Å². The lowest BCUT2D eigenvalue weighted by molar-refractivity contribution is -0.137. The molecule has 0 saturated carbocycles. The van der Waals surface area contributed by atoms with E-state index in [-0.39, 0.29) is 0 Å². The van der Waals surface area contributed by atoms with Crippen molar-refractivity contribution < 1.29 is 17.9 Å². The SMILES string of the molecule is FC(F)(F)c1ccc(CN2CCN(c3cccc(Oc4ccc5[nH]ccc5c4)c3)CC2)c(Br)c1. The number of nitrogens with zero attached hydrogens (tertiary/aromatic N) is 2. The molecule has 1 N–H and O–H groups in total. The molecule has 1 saturated heterocycles. The van der Waals surface area contributed by atoms with Crippen LogP contribution in [0.1, 0.15) is 11.1 Å². The molecule has 2 heterocycles. The Morgan fingerprint density at radius 1 is 0.882 bits per heavy atom. The molecule has 0 spiro atoms. The number of benzene rings is 3. The number of aromatic nitrogens is 1. The largest absolute Gasteiger partial charge is 0.457 e. The molecular formula is C26H23BrF3N3O. The third kappa shape index (κ3) is 5.08. The summed E-state index contributed by atoms with van der Waals surface area (Å²) in [5, 5.41) is 1.10. The van der Waals surface area contributed by atoms with Crippen LogP contribution in [0.25, 0.3) is 10.9 Å². The molecule has 1 fully saturated rings. The molecule has 176 valence electrons. The van der Waals surface area contributed by atoms with Crippen molar-refractivity contribution in [2.45, 2.75) is 12.7 Å². The van der Waals surface area contributed by atoms with Crippen LogP contribution in [0, 0.1) is 0 Å². The first-order valence-corrected chi connectivity index (χ1v) is 11.8. The third-order valence-electron chi connectivity index (χ3n) is 6.09. The molecule has 0 atom stereocenters. The molecule has 1 aliphatic heterocycles. The van der Waals surface area contributed by atoms with E-state index in [2.05, 4.69) is 36.8 Å². The lowest BCUT2D eigenvalue weighted by atomic mass is 10.1. The highest BCUT2D eigenvalue weighted by Gasteiger charge is 2.31. The van der Waals surface area contributed by atoms with Crippen LogP contribution >= 0.6 is 15.9 Å². The summed E-state index contributed by atoms with van der Waals surface area (Å²) in [5.74, 6) is 1.57. The van der Waals surface area contributed by atoms with Crippen LogP contribution in [0.3, 0.4) is 0 Å². The highest BCUT2D eigenvalue weighted by atomic mass is 79.9. The number of nitrogens with one attached hydrogen (secondary N) is 1. The lowest BCUT2D eigenvalue weighted by Gasteiger charge is -2.36. The number of hydrogen-bond acceptors (Lipinski definition) is 3. The molecule has 8 heteroatoms. The van der Waals surface area contributed by atoms with E-state index in [1.807, 2.05) is 48.7 Å². The minimum absolute atomic E-state index is 0.493. The van der Waals surface area contributed by atoms with Gasteiger partial charge in [0.15, 0.2) is 0 Å². The Morgan fingerprint density at radius 3 is 2.44 bits per heavy atom. The zero-order valence-electron chi connectivity index (χ0n) is 18.3. The molecule has 4 nitrogen and oxygen atoms in total. The van der Waals surface area contributed by atoms with Crippen LogP contribution < -0.4 is 9.64 Å². The summed E-state index contributed by atoms with van der Waals surface area (Å²) >= 11 is 3.31. The van der Waals surface area contributed by atoms with Crippen molar-refractivity contribution in [3.8, 4) is 11.5 Å². The van der Waals surface area contributed by atoms with Crippen LogP contribution in [0.5, 0.6) is 11.5 Å².